The zero-order chi connectivity index (χ0) is 43.0. The summed E-state index contributed by atoms with van der Waals surface area (Å²) < 4.78 is 35.5. The summed E-state index contributed by atoms with van der Waals surface area (Å²) in [5.41, 5.74) is 7.23. The Kier molecular flexibility index (Phi) is 10.0. The molecule has 0 radical (unpaired) electrons. The third kappa shape index (κ3) is 7.04. The number of hydrogen-bond acceptors (Lipinski definition) is 9. The largest absolute Gasteiger partial charge is 0.508 e. The van der Waals surface area contributed by atoms with Gasteiger partial charge in [0, 0.05) is 66.7 Å². The van der Waals surface area contributed by atoms with Crippen molar-refractivity contribution in [1.29, 1.82) is 0 Å². The molecule has 4 saturated heterocycles. The Labute approximate surface area is 367 Å². The van der Waals surface area contributed by atoms with E-state index in [1.165, 1.54) is 11.1 Å². The van der Waals surface area contributed by atoms with E-state index >= 15 is 4.39 Å². The van der Waals surface area contributed by atoms with Crippen molar-refractivity contribution < 1.29 is 38.1 Å². The number of piperidine rings is 3. The zero-order valence-corrected chi connectivity index (χ0v) is 35.9. The topological polar surface area (TPSA) is 121 Å². The number of aromatic hydroxyl groups is 1. The van der Waals surface area contributed by atoms with Crippen LogP contribution in [0.2, 0.25) is 0 Å². The Balaban J connectivity index is 0.724. The maximum absolute atomic E-state index is 16.5. The average Bonchev–Trinajstić information content (AvgIpc) is 3.96. The second-order valence-corrected chi connectivity index (χ2v) is 19.3. The van der Waals surface area contributed by atoms with Crippen LogP contribution in [0.5, 0.6) is 17.2 Å². The number of aryl methyl sites for hydroxylation is 1. The lowest BCUT2D eigenvalue weighted by molar-refractivity contribution is -0.136. The Morgan fingerprint density at radius 1 is 0.889 bits per heavy atom. The number of nitrogens with one attached hydrogen (secondary N) is 1. The molecule has 0 aromatic heterocycles. The first-order valence-electron chi connectivity index (χ1n) is 22.9. The first kappa shape index (κ1) is 40.3. The highest BCUT2D eigenvalue weighted by Crippen LogP contribution is 2.52. The van der Waals surface area contributed by atoms with Gasteiger partial charge in [-0.1, -0.05) is 36.4 Å². The number of ether oxygens (including phenoxy) is 3. The minimum Gasteiger partial charge on any atom is -0.508 e. The number of phenols is 1. The minimum atomic E-state index is -0.635. The Morgan fingerprint density at radius 3 is 2.48 bits per heavy atom. The number of anilines is 1. The molecule has 2 N–H and O–H groups in total. The number of fused-ring (bicyclic) bond motifs is 4. The van der Waals surface area contributed by atoms with Gasteiger partial charge in [0.05, 0.1) is 31.6 Å². The van der Waals surface area contributed by atoms with Crippen LogP contribution in [-0.2, 0) is 32.7 Å². The highest BCUT2D eigenvalue weighted by molar-refractivity contribution is 6.05. The van der Waals surface area contributed by atoms with Crippen LogP contribution in [-0.4, -0.2) is 97.3 Å². The molecule has 11 nitrogen and oxygen atoms in total. The van der Waals surface area contributed by atoms with Crippen LogP contribution in [0.3, 0.4) is 0 Å². The molecule has 2 spiro atoms. The number of nitrogens with zero attached hydrogens (tertiary/aromatic N) is 3. The van der Waals surface area contributed by atoms with Gasteiger partial charge in [0.2, 0.25) is 11.8 Å². The van der Waals surface area contributed by atoms with Crippen LogP contribution in [0.4, 0.5) is 10.1 Å². The number of carbonyl (C=O) groups is 3. The Hall–Kier alpha value is -5.46. The van der Waals surface area contributed by atoms with Gasteiger partial charge < -0.3 is 34.0 Å². The summed E-state index contributed by atoms with van der Waals surface area (Å²) in [5.74, 6) is 1.06. The van der Waals surface area contributed by atoms with Crippen LogP contribution in [0.1, 0.15) is 107 Å². The fourth-order valence-corrected chi connectivity index (χ4v) is 12.4. The van der Waals surface area contributed by atoms with Gasteiger partial charge in [0.25, 0.3) is 5.91 Å². The highest BCUT2D eigenvalue weighted by atomic mass is 19.1. The van der Waals surface area contributed by atoms with E-state index in [0.29, 0.717) is 55.6 Å². The van der Waals surface area contributed by atoms with E-state index < -0.39 is 11.9 Å². The SMILES string of the molecule is COc1cc(N2CCC3(CC2)C[C@H](CN2CCC4(CC2)COc2cc5c(cc24)CN(C2CCC(=O)NC2=O)C5=O)CO3)c(F)cc1[C@@H]1c2ccc(O)cc2CC[C@@H]1c1ccccc1. The van der Waals surface area contributed by atoms with E-state index in [4.69, 9.17) is 14.2 Å². The van der Waals surface area contributed by atoms with E-state index in [1.807, 2.05) is 30.3 Å². The lowest BCUT2D eigenvalue weighted by Crippen LogP contribution is -2.52. The molecule has 6 heterocycles. The van der Waals surface area contributed by atoms with E-state index in [0.717, 1.165) is 99.2 Å². The van der Waals surface area contributed by atoms with Gasteiger partial charge in [-0.3, -0.25) is 19.7 Å². The smallest absolute Gasteiger partial charge is 0.255 e. The molecule has 7 aliphatic rings. The van der Waals surface area contributed by atoms with Crippen molar-refractivity contribution in [1.82, 2.24) is 15.1 Å². The minimum absolute atomic E-state index is 0.100. The molecule has 11 rings (SSSR count). The zero-order valence-electron chi connectivity index (χ0n) is 35.9. The predicted molar refractivity (Wildman–Crippen MR) is 234 cm³/mol. The van der Waals surface area contributed by atoms with Gasteiger partial charge in [-0.15, -0.1) is 0 Å². The molecule has 1 aliphatic carbocycles. The van der Waals surface area contributed by atoms with Crippen LogP contribution < -0.4 is 19.7 Å². The highest BCUT2D eigenvalue weighted by Gasteiger charge is 2.48. The fraction of sp³-hybridized carbons (Fsp3) is 0.471. The molecule has 0 saturated carbocycles. The molecule has 328 valence electrons. The van der Waals surface area contributed by atoms with Crippen molar-refractivity contribution in [2.75, 3.05) is 57.9 Å². The number of halogens is 1. The summed E-state index contributed by atoms with van der Waals surface area (Å²) in [6.45, 7) is 6.01. The third-order valence-corrected chi connectivity index (χ3v) is 15.8. The maximum Gasteiger partial charge on any atom is 0.255 e. The van der Waals surface area contributed by atoms with Gasteiger partial charge in [0.1, 0.15) is 29.1 Å². The second-order valence-electron chi connectivity index (χ2n) is 19.3. The molecule has 12 heteroatoms. The number of hydrogen-bond donors (Lipinski definition) is 2. The first-order chi connectivity index (χ1) is 30.6. The van der Waals surface area contributed by atoms with Crippen LogP contribution in [0.25, 0.3) is 0 Å². The number of amides is 3. The molecule has 3 amide bonds. The number of benzene rings is 4. The van der Waals surface area contributed by atoms with Crippen molar-refractivity contribution in [3.63, 3.8) is 0 Å². The van der Waals surface area contributed by atoms with Crippen LogP contribution in [0, 0.1) is 11.7 Å². The molecular formula is C51H55FN4O7. The molecule has 63 heavy (non-hydrogen) atoms. The molecule has 6 aliphatic heterocycles. The second kappa shape index (κ2) is 15.7. The van der Waals surface area contributed by atoms with Gasteiger partial charge in [-0.05, 0) is 129 Å². The normalized spacial score (nSPS) is 26.1. The molecule has 1 unspecified atom stereocenters. The Morgan fingerprint density at radius 2 is 1.70 bits per heavy atom. The fourth-order valence-electron chi connectivity index (χ4n) is 12.4. The summed E-state index contributed by atoms with van der Waals surface area (Å²) in [6.07, 6.45) is 6.92. The van der Waals surface area contributed by atoms with Gasteiger partial charge in [0.15, 0.2) is 0 Å². The van der Waals surface area contributed by atoms with E-state index in [9.17, 15) is 19.5 Å². The number of phenolic OH excluding ortho intramolecular Hbond substituents is 1. The van der Waals surface area contributed by atoms with E-state index in [2.05, 4.69) is 45.4 Å². The third-order valence-electron chi connectivity index (χ3n) is 15.8. The lowest BCUT2D eigenvalue weighted by atomic mass is 9.69. The van der Waals surface area contributed by atoms with E-state index in [-0.39, 0.29) is 52.7 Å². The number of imide groups is 1. The van der Waals surface area contributed by atoms with Crippen LogP contribution >= 0.6 is 0 Å². The summed E-state index contributed by atoms with van der Waals surface area (Å²) in [5, 5.41) is 12.7. The van der Waals surface area contributed by atoms with Crippen molar-refractivity contribution in [2.24, 2.45) is 5.92 Å². The van der Waals surface area contributed by atoms with Gasteiger partial charge in [-0.2, -0.15) is 0 Å². The lowest BCUT2D eigenvalue weighted by Gasteiger charge is -2.41. The monoisotopic (exact) mass is 854 g/mol. The molecule has 4 aromatic carbocycles. The molecule has 4 fully saturated rings. The summed E-state index contributed by atoms with van der Waals surface area (Å²) >= 11 is 0. The summed E-state index contributed by atoms with van der Waals surface area (Å²) in [4.78, 5) is 44.1. The van der Waals surface area contributed by atoms with Crippen molar-refractivity contribution in [3.05, 3.63) is 118 Å². The van der Waals surface area contributed by atoms with Crippen LogP contribution in [0.15, 0.2) is 72.8 Å². The molecule has 0 bridgehead atoms. The van der Waals surface area contributed by atoms with Crippen molar-refractivity contribution >= 4 is 23.4 Å². The summed E-state index contributed by atoms with van der Waals surface area (Å²) in [7, 11) is 1.67. The number of rotatable bonds is 7. The number of carbonyl (C=O) groups excluding carboxylic acids is 3. The average molecular weight is 855 g/mol. The van der Waals surface area contributed by atoms with Gasteiger partial charge >= 0.3 is 0 Å². The predicted octanol–water partition coefficient (Wildman–Crippen LogP) is 6.96. The Bertz CT molecular complexity index is 2480. The number of likely N-dealkylation sites (tertiary alicyclic amines) is 1. The van der Waals surface area contributed by atoms with Crippen molar-refractivity contribution in [2.45, 2.75) is 93.2 Å². The number of methoxy groups -OCH3 is 1. The first-order valence-corrected chi connectivity index (χ1v) is 22.9. The standard InChI is InChI=1S/C51H55FN4O7/c1-61-44-25-43(41(52)23-39(44)47-36(32-5-3-2-4-6-32)9-7-33-21-35(57)8-10-37(33)47)55-19-15-51(16-20-55)26-31(29-63-51)27-54-17-13-50(14-18-54)30-62-45-24-38-34(22-40(45)50)28-56(49(38)60)42-11-12-46(58)53-48(42)59/h2-6,8,10,21-25,31,36,42,47,57H,7,9,11-20,26-30H2,1H3,(H,53,58,59)/t31-,36-,42?,47+/m1/s1. The van der Waals surface area contributed by atoms with Gasteiger partial charge in [-0.25, -0.2) is 4.39 Å². The molecular weight excluding hydrogens is 800 g/mol. The van der Waals surface area contributed by atoms with E-state index in [1.54, 1.807) is 24.1 Å². The quantitative estimate of drug-likeness (QED) is 0.190. The molecule has 4 atom stereocenters. The maximum atomic E-state index is 16.5. The summed E-state index contributed by atoms with van der Waals surface area (Å²) in [6, 6.07) is 23.1. The molecule has 4 aromatic rings. The van der Waals surface area contributed by atoms with Crippen molar-refractivity contribution in [3.8, 4) is 17.2 Å².